The minimum absolute atomic E-state index is 0.0370. The van der Waals surface area contributed by atoms with Gasteiger partial charge >= 0.3 is 6.03 Å². The first-order valence-electron chi connectivity index (χ1n) is 8.19. The van der Waals surface area contributed by atoms with Crippen LogP contribution in [0.15, 0.2) is 41.3 Å². The molecule has 3 amide bonds. The first-order chi connectivity index (χ1) is 12.5. The summed E-state index contributed by atoms with van der Waals surface area (Å²) in [4.78, 5) is 37.0. The number of benzene rings is 1. The zero-order valence-corrected chi connectivity index (χ0v) is 14.1. The van der Waals surface area contributed by atoms with E-state index < -0.39 is 17.5 Å². The molecule has 1 aromatic carbocycles. The SMILES string of the molecule is Cc1cccn(CC2(c3ccc4c(c3)OCCO4)NC(=O)NC2=O)c1=O. The van der Waals surface area contributed by atoms with E-state index in [9.17, 15) is 14.4 Å². The van der Waals surface area contributed by atoms with E-state index in [4.69, 9.17) is 9.47 Å². The second-order valence-corrected chi connectivity index (χ2v) is 6.30. The number of carbonyl (C=O) groups excluding carboxylic acids is 2. The number of aryl methyl sites for hydroxylation is 1. The third-order valence-electron chi connectivity index (χ3n) is 4.59. The summed E-state index contributed by atoms with van der Waals surface area (Å²) in [6.45, 7) is 2.51. The Bertz CT molecular complexity index is 968. The molecule has 4 rings (SSSR count). The Balaban J connectivity index is 1.83. The highest BCUT2D eigenvalue weighted by molar-refractivity contribution is 6.07. The van der Waals surface area contributed by atoms with Gasteiger partial charge in [-0.3, -0.25) is 14.9 Å². The number of urea groups is 1. The second kappa shape index (κ2) is 5.91. The van der Waals surface area contributed by atoms with Gasteiger partial charge in [0.25, 0.3) is 11.5 Å². The van der Waals surface area contributed by atoms with E-state index in [0.29, 0.717) is 35.8 Å². The topological polar surface area (TPSA) is 98.7 Å². The predicted molar refractivity (Wildman–Crippen MR) is 91.2 cm³/mol. The van der Waals surface area contributed by atoms with Gasteiger partial charge in [-0.1, -0.05) is 12.1 Å². The first-order valence-corrected chi connectivity index (χ1v) is 8.19. The molecule has 0 saturated carbocycles. The molecule has 0 radical (unpaired) electrons. The number of ether oxygens (including phenoxy) is 2. The van der Waals surface area contributed by atoms with Crippen molar-refractivity contribution >= 4 is 11.9 Å². The average Bonchev–Trinajstić information content (AvgIpc) is 2.93. The van der Waals surface area contributed by atoms with E-state index in [2.05, 4.69) is 10.6 Å². The third-order valence-corrected chi connectivity index (χ3v) is 4.59. The molecule has 1 aromatic heterocycles. The van der Waals surface area contributed by atoms with Gasteiger partial charge in [0.1, 0.15) is 13.2 Å². The Kier molecular flexibility index (Phi) is 3.68. The molecule has 0 aliphatic carbocycles. The van der Waals surface area contributed by atoms with Crippen molar-refractivity contribution in [1.29, 1.82) is 0 Å². The van der Waals surface area contributed by atoms with E-state index in [-0.39, 0.29) is 12.1 Å². The Morgan fingerprint density at radius 2 is 1.88 bits per heavy atom. The molecule has 1 saturated heterocycles. The monoisotopic (exact) mass is 355 g/mol. The molecule has 1 atom stereocenters. The number of carbonyl (C=O) groups is 2. The molecular weight excluding hydrogens is 338 g/mol. The van der Waals surface area contributed by atoms with Gasteiger partial charge in [-0.05, 0) is 30.7 Å². The quantitative estimate of drug-likeness (QED) is 0.789. The normalized spacial score (nSPS) is 21.3. The van der Waals surface area contributed by atoms with Gasteiger partial charge < -0.3 is 19.4 Å². The fraction of sp³-hybridized carbons (Fsp3) is 0.278. The molecule has 1 unspecified atom stereocenters. The lowest BCUT2D eigenvalue weighted by Crippen LogP contribution is -2.49. The van der Waals surface area contributed by atoms with Crippen molar-refractivity contribution < 1.29 is 19.1 Å². The summed E-state index contributed by atoms with van der Waals surface area (Å²) >= 11 is 0. The molecule has 0 bridgehead atoms. The van der Waals surface area contributed by atoms with Crippen LogP contribution in [0.25, 0.3) is 0 Å². The van der Waals surface area contributed by atoms with Crippen molar-refractivity contribution in [2.45, 2.75) is 19.0 Å². The Hall–Kier alpha value is -3.29. The van der Waals surface area contributed by atoms with E-state index in [1.54, 1.807) is 43.5 Å². The zero-order valence-electron chi connectivity index (χ0n) is 14.1. The number of nitrogens with zero attached hydrogens (tertiary/aromatic N) is 1. The van der Waals surface area contributed by atoms with Crippen molar-refractivity contribution in [3.8, 4) is 11.5 Å². The maximum absolute atomic E-state index is 12.7. The van der Waals surface area contributed by atoms with Gasteiger partial charge in [0, 0.05) is 11.8 Å². The van der Waals surface area contributed by atoms with Gasteiger partial charge in [-0.2, -0.15) is 0 Å². The van der Waals surface area contributed by atoms with Gasteiger partial charge in [0.15, 0.2) is 17.0 Å². The van der Waals surface area contributed by atoms with Crippen LogP contribution in [0, 0.1) is 6.92 Å². The van der Waals surface area contributed by atoms with Crippen molar-refractivity contribution in [2.24, 2.45) is 0 Å². The van der Waals surface area contributed by atoms with E-state index in [0.717, 1.165) is 0 Å². The lowest BCUT2D eigenvalue weighted by molar-refractivity contribution is -0.124. The van der Waals surface area contributed by atoms with E-state index in [1.165, 1.54) is 4.57 Å². The molecule has 8 nitrogen and oxygen atoms in total. The largest absolute Gasteiger partial charge is 0.486 e. The Morgan fingerprint density at radius 1 is 1.12 bits per heavy atom. The van der Waals surface area contributed by atoms with Crippen molar-refractivity contribution in [2.75, 3.05) is 13.2 Å². The summed E-state index contributed by atoms with van der Waals surface area (Å²) in [5.41, 5.74) is -0.573. The summed E-state index contributed by atoms with van der Waals surface area (Å²) in [5.74, 6) is 0.554. The molecule has 2 aromatic rings. The van der Waals surface area contributed by atoms with Crippen molar-refractivity contribution in [1.82, 2.24) is 15.2 Å². The molecule has 8 heteroatoms. The standard InChI is InChI=1S/C18H17N3O5/c1-11-3-2-6-21(15(11)22)10-18(16(23)19-17(24)20-18)12-4-5-13-14(9-12)26-8-7-25-13/h2-6,9H,7-8,10H2,1H3,(H2,19,20,23,24). The van der Waals surface area contributed by atoms with Gasteiger partial charge in [0.2, 0.25) is 0 Å². The summed E-state index contributed by atoms with van der Waals surface area (Å²) in [7, 11) is 0. The molecule has 2 aliphatic rings. The van der Waals surface area contributed by atoms with Crippen LogP contribution in [0.1, 0.15) is 11.1 Å². The predicted octanol–water partition coefficient (Wildman–Crippen LogP) is 0.663. The summed E-state index contributed by atoms with van der Waals surface area (Å²) in [6.07, 6.45) is 1.59. The molecule has 0 spiro atoms. The average molecular weight is 355 g/mol. The second-order valence-electron chi connectivity index (χ2n) is 6.30. The van der Waals surface area contributed by atoms with Crippen LogP contribution in [0.3, 0.4) is 0 Å². The van der Waals surface area contributed by atoms with Crippen LogP contribution >= 0.6 is 0 Å². The van der Waals surface area contributed by atoms with Crippen LogP contribution in [0.5, 0.6) is 11.5 Å². The highest BCUT2D eigenvalue weighted by Crippen LogP contribution is 2.36. The number of pyridine rings is 1. The molecule has 2 N–H and O–H groups in total. The molecule has 134 valence electrons. The minimum Gasteiger partial charge on any atom is -0.486 e. The third kappa shape index (κ3) is 2.50. The number of hydrogen-bond acceptors (Lipinski definition) is 5. The van der Waals surface area contributed by atoms with E-state index >= 15 is 0 Å². The van der Waals surface area contributed by atoms with Gasteiger partial charge in [-0.25, -0.2) is 4.79 Å². The lowest BCUT2D eigenvalue weighted by atomic mass is 9.89. The number of hydrogen-bond donors (Lipinski definition) is 2. The Labute approximate surface area is 148 Å². The maximum atomic E-state index is 12.7. The summed E-state index contributed by atoms with van der Waals surface area (Å²) < 4.78 is 12.5. The Morgan fingerprint density at radius 3 is 2.62 bits per heavy atom. The lowest BCUT2D eigenvalue weighted by Gasteiger charge is -2.29. The van der Waals surface area contributed by atoms with Crippen LogP contribution in [-0.2, 0) is 16.9 Å². The number of amides is 3. The van der Waals surface area contributed by atoms with Crippen LogP contribution in [0.2, 0.25) is 0 Å². The molecule has 1 fully saturated rings. The number of imide groups is 1. The van der Waals surface area contributed by atoms with Crippen LogP contribution in [0.4, 0.5) is 4.79 Å². The number of rotatable bonds is 3. The number of aromatic nitrogens is 1. The van der Waals surface area contributed by atoms with Crippen molar-refractivity contribution in [3.05, 3.63) is 58.0 Å². The molecule has 26 heavy (non-hydrogen) atoms. The van der Waals surface area contributed by atoms with Crippen LogP contribution < -0.4 is 25.7 Å². The highest BCUT2D eigenvalue weighted by Gasteiger charge is 2.48. The zero-order chi connectivity index (χ0) is 18.3. The molecular formula is C18H17N3O5. The fourth-order valence-corrected chi connectivity index (χ4v) is 3.24. The molecule has 3 heterocycles. The van der Waals surface area contributed by atoms with Crippen molar-refractivity contribution in [3.63, 3.8) is 0 Å². The number of nitrogens with one attached hydrogen (secondary N) is 2. The summed E-state index contributed by atoms with van der Waals surface area (Å²) in [6, 6.07) is 7.87. The maximum Gasteiger partial charge on any atom is 0.322 e. The first kappa shape index (κ1) is 16.2. The van der Waals surface area contributed by atoms with Gasteiger partial charge in [-0.15, -0.1) is 0 Å². The summed E-state index contributed by atoms with van der Waals surface area (Å²) in [5, 5.41) is 4.94. The van der Waals surface area contributed by atoms with Gasteiger partial charge in [0.05, 0.1) is 6.54 Å². The smallest absolute Gasteiger partial charge is 0.322 e. The highest BCUT2D eigenvalue weighted by atomic mass is 16.6. The fourth-order valence-electron chi connectivity index (χ4n) is 3.24. The number of fused-ring (bicyclic) bond motifs is 1. The van der Waals surface area contributed by atoms with Crippen LogP contribution in [-0.4, -0.2) is 29.7 Å². The van der Waals surface area contributed by atoms with E-state index in [1.807, 2.05) is 0 Å². The molecule has 2 aliphatic heterocycles. The minimum atomic E-state index is -1.41.